The van der Waals surface area contributed by atoms with Crippen molar-refractivity contribution in [3.8, 4) is 0 Å². The highest BCUT2D eigenvalue weighted by atomic mass is 32.2. The van der Waals surface area contributed by atoms with E-state index in [2.05, 4.69) is 0 Å². The number of carboxylic acids is 1. The molecule has 0 amide bonds. The zero-order chi connectivity index (χ0) is 13.9. The lowest BCUT2D eigenvalue weighted by Crippen LogP contribution is -2.13. The summed E-state index contributed by atoms with van der Waals surface area (Å²) in [7, 11) is -3.29. The van der Waals surface area contributed by atoms with Crippen molar-refractivity contribution in [2.45, 2.75) is 30.7 Å². The fraction of sp³-hybridized carbons (Fsp3) is 0.417. The fourth-order valence-electron chi connectivity index (χ4n) is 1.69. The van der Waals surface area contributed by atoms with E-state index in [4.69, 9.17) is 10.8 Å². The molecule has 0 aliphatic rings. The molecule has 0 heterocycles. The minimum Gasteiger partial charge on any atom is -0.481 e. The van der Waals surface area contributed by atoms with Crippen molar-refractivity contribution in [3.05, 3.63) is 29.3 Å². The number of aryl methyl sites for hydroxylation is 1. The molecule has 0 bridgehead atoms. The zero-order valence-corrected chi connectivity index (χ0v) is 11.2. The van der Waals surface area contributed by atoms with E-state index in [1.165, 1.54) is 6.07 Å². The van der Waals surface area contributed by atoms with E-state index < -0.39 is 21.8 Å². The third-order valence-corrected chi connectivity index (χ3v) is 3.95. The number of hydrogen-bond acceptors (Lipinski definition) is 4. The van der Waals surface area contributed by atoms with Gasteiger partial charge in [-0.15, -0.1) is 0 Å². The van der Waals surface area contributed by atoms with E-state index in [1.807, 2.05) is 0 Å². The first-order valence-corrected chi connectivity index (χ1v) is 7.39. The third kappa shape index (κ3) is 3.82. The van der Waals surface area contributed by atoms with Gasteiger partial charge >= 0.3 is 5.97 Å². The van der Waals surface area contributed by atoms with Gasteiger partial charge in [0.15, 0.2) is 9.84 Å². The number of aliphatic carboxylic acids is 1. The number of carboxylic acid groups (broad SMARTS) is 1. The molecule has 3 N–H and O–H groups in total. The Morgan fingerprint density at radius 1 is 1.44 bits per heavy atom. The summed E-state index contributed by atoms with van der Waals surface area (Å²) in [5.41, 5.74) is 7.15. The molecule has 1 rings (SSSR count). The molecule has 0 saturated carbocycles. The van der Waals surface area contributed by atoms with E-state index >= 15 is 0 Å². The maximum absolute atomic E-state index is 11.6. The first-order chi connectivity index (χ1) is 8.21. The van der Waals surface area contributed by atoms with Crippen molar-refractivity contribution in [1.82, 2.24) is 0 Å². The van der Waals surface area contributed by atoms with Crippen LogP contribution in [0.15, 0.2) is 23.1 Å². The number of benzene rings is 1. The van der Waals surface area contributed by atoms with Gasteiger partial charge in [0.25, 0.3) is 0 Å². The summed E-state index contributed by atoms with van der Waals surface area (Å²) < 4.78 is 23.1. The summed E-state index contributed by atoms with van der Waals surface area (Å²) in [5, 5.41) is 8.59. The van der Waals surface area contributed by atoms with Gasteiger partial charge in [-0.2, -0.15) is 0 Å². The number of rotatable bonds is 5. The molecule has 0 spiro atoms. The van der Waals surface area contributed by atoms with Gasteiger partial charge in [0.05, 0.1) is 4.90 Å². The minimum absolute atomic E-state index is 0.0384. The van der Waals surface area contributed by atoms with Gasteiger partial charge in [0.1, 0.15) is 0 Å². The van der Waals surface area contributed by atoms with Gasteiger partial charge < -0.3 is 10.8 Å². The van der Waals surface area contributed by atoms with Crippen molar-refractivity contribution in [2.24, 2.45) is 5.73 Å². The van der Waals surface area contributed by atoms with Gasteiger partial charge in [-0.1, -0.05) is 12.1 Å². The Balaban J connectivity index is 3.02. The normalized spacial score (nSPS) is 13.3. The molecule has 0 radical (unpaired) electrons. The second-order valence-corrected chi connectivity index (χ2v) is 6.32. The Bertz CT molecular complexity index is 551. The van der Waals surface area contributed by atoms with Crippen molar-refractivity contribution >= 4 is 15.8 Å². The highest BCUT2D eigenvalue weighted by molar-refractivity contribution is 7.90. The molecule has 0 aliphatic carbocycles. The van der Waals surface area contributed by atoms with E-state index in [9.17, 15) is 13.2 Å². The Kier molecular flexibility index (Phi) is 4.48. The number of sulfone groups is 1. The average molecular weight is 271 g/mol. The third-order valence-electron chi connectivity index (χ3n) is 2.71. The van der Waals surface area contributed by atoms with Crippen LogP contribution in [0.25, 0.3) is 0 Å². The predicted molar refractivity (Wildman–Crippen MR) is 68.1 cm³/mol. The lowest BCUT2D eigenvalue weighted by molar-refractivity contribution is -0.137. The van der Waals surface area contributed by atoms with Crippen LogP contribution in [-0.4, -0.2) is 25.7 Å². The van der Waals surface area contributed by atoms with Crippen LogP contribution in [0, 0.1) is 6.92 Å². The molecule has 18 heavy (non-hydrogen) atoms. The molecule has 0 fully saturated rings. The molecule has 0 saturated heterocycles. The molecular formula is C12H17NO4S. The van der Waals surface area contributed by atoms with Crippen LogP contribution in [0.5, 0.6) is 0 Å². The summed E-state index contributed by atoms with van der Waals surface area (Å²) in [6.07, 6.45) is 1.38. The molecule has 1 aromatic rings. The molecular weight excluding hydrogens is 254 g/mol. The Labute approximate surface area is 107 Å². The summed E-state index contributed by atoms with van der Waals surface area (Å²) in [6.45, 7) is 1.71. The number of nitrogens with two attached hydrogens (primary N) is 1. The fourth-order valence-corrected chi connectivity index (χ4v) is 2.70. The first-order valence-electron chi connectivity index (χ1n) is 5.50. The van der Waals surface area contributed by atoms with Gasteiger partial charge in [0.2, 0.25) is 0 Å². The van der Waals surface area contributed by atoms with Crippen molar-refractivity contribution in [3.63, 3.8) is 0 Å². The molecule has 0 aromatic heterocycles. The SMILES string of the molecule is Cc1ccc(C(N)CCC(=O)O)cc1S(C)(=O)=O. The topological polar surface area (TPSA) is 97.5 Å². The highest BCUT2D eigenvalue weighted by Crippen LogP contribution is 2.22. The van der Waals surface area contributed by atoms with Crippen LogP contribution in [0.3, 0.4) is 0 Å². The minimum atomic E-state index is -3.29. The van der Waals surface area contributed by atoms with Gasteiger partial charge in [0, 0.05) is 18.7 Å². The van der Waals surface area contributed by atoms with Gasteiger partial charge in [-0.3, -0.25) is 4.79 Å². The van der Waals surface area contributed by atoms with Crippen LogP contribution >= 0.6 is 0 Å². The van der Waals surface area contributed by atoms with E-state index in [-0.39, 0.29) is 17.7 Å². The van der Waals surface area contributed by atoms with Gasteiger partial charge in [-0.05, 0) is 30.5 Å². The predicted octanol–water partition coefficient (Wildman–Crippen LogP) is 1.26. The average Bonchev–Trinajstić information content (AvgIpc) is 2.24. The largest absolute Gasteiger partial charge is 0.481 e. The summed E-state index contributed by atoms with van der Waals surface area (Å²) in [4.78, 5) is 10.7. The second-order valence-electron chi connectivity index (χ2n) is 4.34. The number of hydrogen-bond donors (Lipinski definition) is 2. The van der Waals surface area contributed by atoms with Crippen LogP contribution < -0.4 is 5.73 Å². The maximum Gasteiger partial charge on any atom is 0.303 e. The Morgan fingerprint density at radius 2 is 2.06 bits per heavy atom. The summed E-state index contributed by atoms with van der Waals surface area (Å²) in [5.74, 6) is -0.916. The second kappa shape index (κ2) is 5.49. The molecule has 100 valence electrons. The number of carbonyl (C=O) groups is 1. The maximum atomic E-state index is 11.6. The van der Waals surface area contributed by atoms with E-state index in [0.29, 0.717) is 11.1 Å². The lowest BCUT2D eigenvalue weighted by Gasteiger charge is -2.13. The Hall–Kier alpha value is -1.40. The van der Waals surface area contributed by atoms with Crippen molar-refractivity contribution in [1.29, 1.82) is 0 Å². The van der Waals surface area contributed by atoms with E-state index in [0.717, 1.165) is 6.26 Å². The molecule has 6 heteroatoms. The summed E-state index contributed by atoms with van der Waals surface area (Å²) >= 11 is 0. The molecule has 1 aromatic carbocycles. The quantitative estimate of drug-likeness (QED) is 0.840. The first kappa shape index (κ1) is 14.7. The van der Waals surface area contributed by atoms with Gasteiger partial charge in [-0.25, -0.2) is 8.42 Å². The van der Waals surface area contributed by atoms with Crippen LogP contribution in [0.2, 0.25) is 0 Å². The molecule has 0 aliphatic heterocycles. The monoisotopic (exact) mass is 271 g/mol. The van der Waals surface area contributed by atoms with Crippen LogP contribution in [-0.2, 0) is 14.6 Å². The van der Waals surface area contributed by atoms with Crippen molar-refractivity contribution < 1.29 is 18.3 Å². The molecule has 1 atom stereocenters. The highest BCUT2D eigenvalue weighted by Gasteiger charge is 2.15. The molecule has 1 unspecified atom stereocenters. The van der Waals surface area contributed by atoms with E-state index in [1.54, 1.807) is 19.1 Å². The smallest absolute Gasteiger partial charge is 0.303 e. The van der Waals surface area contributed by atoms with Crippen molar-refractivity contribution in [2.75, 3.05) is 6.26 Å². The van der Waals surface area contributed by atoms with Crippen LogP contribution in [0.4, 0.5) is 0 Å². The molecule has 5 nitrogen and oxygen atoms in total. The van der Waals surface area contributed by atoms with Crippen LogP contribution in [0.1, 0.15) is 30.0 Å². The lowest BCUT2D eigenvalue weighted by atomic mass is 10.0. The zero-order valence-electron chi connectivity index (χ0n) is 10.4. The Morgan fingerprint density at radius 3 is 2.56 bits per heavy atom. The standard InChI is InChI=1S/C12H17NO4S/c1-8-3-4-9(7-11(8)18(2,16)17)10(13)5-6-12(14)15/h3-4,7,10H,5-6,13H2,1-2H3,(H,14,15). The summed E-state index contributed by atoms with van der Waals surface area (Å²) in [6, 6.07) is 4.47.